The summed E-state index contributed by atoms with van der Waals surface area (Å²) in [5.41, 5.74) is 5.56. The van der Waals surface area contributed by atoms with E-state index in [-0.39, 0.29) is 5.92 Å². The zero-order valence-corrected chi connectivity index (χ0v) is 12.1. The van der Waals surface area contributed by atoms with Crippen LogP contribution in [0, 0.1) is 17.6 Å². The van der Waals surface area contributed by atoms with Crippen LogP contribution in [-0.4, -0.2) is 16.2 Å². The highest BCUT2D eigenvalue weighted by Crippen LogP contribution is 2.24. The molecule has 5 nitrogen and oxygen atoms in total. The zero-order valence-electron chi connectivity index (χ0n) is 10.4. The molecule has 1 rings (SSSR count). The molecule has 0 bridgehead atoms. The Morgan fingerprint density at radius 3 is 2.53 bits per heavy atom. The minimum Gasteiger partial charge on any atom is -0.320 e. The lowest BCUT2D eigenvalue weighted by molar-refractivity contribution is -0.119. The van der Waals surface area contributed by atoms with Crippen molar-refractivity contribution in [3.63, 3.8) is 0 Å². The molecule has 1 aromatic heterocycles. The van der Waals surface area contributed by atoms with Gasteiger partial charge in [0.1, 0.15) is 0 Å². The molecular formula is C10H15F2N3O2S2. The van der Waals surface area contributed by atoms with E-state index in [0.29, 0.717) is 17.8 Å². The van der Waals surface area contributed by atoms with E-state index in [9.17, 15) is 17.8 Å². The molecule has 0 saturated heterocycles. The fourth-order valence-corrected chi connectivity index (χ4v) is 3.52. The average molecular weight is 311 g/mol. The van der Waals surface area contributed by atoms with Crippen molar-refractivity contribution >= 4 is 27.2 Å². The third kappa shape index (κ3) is 4.03. The number of amides is 1. The number of carbonyl (C=O) groups is 1. The third-order valence-electron chi connectivity index (χ3n) is 2.19. The average Bonchev–Trinajstić information content (AvgIpc) is 2.58. The fourth-order valence-electron chi connectivity index (χ4n) is 1.36. The molecular weight excluding hydrogens is 296 g/mol. The number of thiophene rings is 1. The molecule has 4 N–H and O–H groups in total. The van der Waals surface area contributed by atoms with Crippen molar-refractivity contribution in [1.82, 2.24) is 0 Å². The van der Waals surface area contributed by atoms with Gasteiger partial charge in [-0.2, -0.15) is 0 Å². The molecule has 0 aliphatic carbocycles. The van der Waals surface area contributed by atoms with Gasteiger partial charge < -0.3 is 5.73 Å². The van der Waals surface area contributed by atoms with Gasteiger partial charge in [0.2, 0.25) is 0 Å². The molecule has 0 saturated carbocycles. The molecule has 0 aromatic carbocycles. The SMILES string of the molecule is CC(C)C[C@H](N)C(=O)N=S(N)(=O)c1scc(F)c1F. The summed E-state index contributed by atoms with van der Waals surface area (Å²) in [6.45, 7) is 3.70. The topological polar surface area (TPSA) is 98.5 Å². The van der Waals surface area contributed by atoms with Crippen molar-refractivity contribution in [1.29, 1.82) is 0 Å². The van der Waals surface area contributed by atoms with Crippen molar-refractivity contribution in [2.75, 3.05) is 0 Å². The lowest BCUT2D eigenvalue weighted by Crippen LogP contribution is -2.32. The molecule has 0 aliphatic rings. The van der Waals surface area contributed by atoms with Gasteiger partial charge in [-0.3, -0.25) is 4.79 Å². The highest BCUT2D eigenvalue weighted by Gasteiger charge is 2.23. The molecule has 0 spiro atoms. The van der Waals surface area contributed by atoms with Crippen molar-refractivity contribution in [2.24, 2.45) is 21.2 Å². The minimum absolute atomic E-state index is 0.138. The first kappa shape index (κ1) is 16.2. The largest absolute Gasteiger partial charge is 0.320 e. The van der Waals surface area contributed by atoms with Crippen LogP contribution < -0.4 is 10.9 Å². The number of hydrogen-bond acceptors (Lipinski definition) is 4. The standard InChI is InChI=1S/C10H15F2N3O2S2/c1-5(2)3-7(13)9(16)15-19(14,17)10-8(12)6(11)4-18-10/h4-5,7H,3,13H2,1-2H3,(H2,14,15,16,17)/t7-,19?/m0/s1. The van der Waals surface area contributed by atoms with E-state index in [0.717, 1.165) is 5.38 Å². The van der Waals surface area contributed by atoms with E-state index in [1.165, 1.54) is 0 Å². The Labute approximate surface area is 114 Å². The second kappa shape index (κ2) is 6.04. The summed E-state index contributed by atoms with van der Waals surface area (Å²) in [5, 5.41) is 6.12. The van der Waals surface area contributed by atoms with Gasteiger partial charge in [0.05, 0.1) is 6.04 Å². The predicted octanol–water partition coefficient (Wildman–Crippen LogP) is 1.63. The van der Waals surface area contributed by atoms with Gasteiger partial charge in [-0.25, -0.2) is 18.1 Å². The lowest BCUT2D eigenvalue weighted by atomic mass is 10.0. The van der Waals surface area contributed by atoms with E-state index in [1.807, 2.05) is 13.8 Å². The smallest absolute Gasteiger partial charge is 0.271 e. The minimum atomic E-state index is -3.80. The van der Waals surface area contributed by atoms with Gasteiger partial charge in [0, 0.05) is 5.38 Å². The second-order valence-electron chi connectivity index (χ2n) is 4.42. The van der Waals surface area contributed by atoms with Crippen LogP contribution in [0.15, 0.2) is 14.0 Å². The fraction of sp³-hybridized carbons (Fsp3) is 0.500. The first-order valence-electron chi connectivity index (χ1n) is 5.42. The van der Waals surface area contributed by atoms with Gasteiger partial charge in [-0.05, 0) is 12.3 Å². The molecule has 1 aromatic rings. The van der Waals surface area contributed by atoms with E-state index < -0.39 is 37.7 Å². The Hall–Kier alpha value is -0.900. The van der Waals surface area contributed by atoms with Crippen LogP contribution in [0.25, 0.3) is 0 Å². The summed E-state index contributed by atoms with van der Waals surface area (Å²) in [5.74, 6) is -3.26. The summed E-state index contributed by atoms with van der Waals surface area (Å²) >= 11 is 0.513. The van der Waals surface area contributed by atoms with Crippen LogP contribution in [0.3, 0.4) is 0 Å². The maximum Gasteiger partial charge on any atom is 0.271 e. The van der Waals surface area contributed by atoms with Crippen molar-refractivity contribution in [3.8, 4) is 0 Å². The number of rotatable bonds is 4. The molecule has 1 amide bonds. The van der Waals surface area contributed by atoms with Crippen molar-refractivity contribution < 1.29 is 17.8 Å². The molecule has 0 aliphatic heterocycles. The van der Waals surface area contributed by atoms with Crippen LogP contribution in [0.1, 0.15) is 20.3 Å². The van der Waals surface area contributed by atoms with E-state index >= 15 is 0 Å². The van der Waals surface area contributed by atoms with Crippen LogP contribution >= 0.6 is 11.3 Å². The molecule has 0 radical (unpaired) electrons. The summed E-state index contributed by atoms with van der Waals surface area (Å²) < 4.78 is 40.8. The van der Waals surface area contributed by atoms with Crippen LogP contribution in [-0.2, 0) is 14.7 Å². The summed E-state index contributed by atoms with van der Waals surface area (Å²) in [4.78, 5) is 11.6. The van der Waals surface area contributed by atoms with E-state index in [2.05, 4.69) is 4.36 Å². The van der Waals surface area contributed by atoms with Gasteiger partial charge in [-0.1, -0.05) is 13.8 Å². The number of nitrogens with two attached hydrogens (primary N) is 2. The van der Waals surface area contributed by atoms with Gasteiger partial charge in [-0.15, -0.1) is 15.7 Å². The molecule has 108 valence electrons. The number of carbonyl (C=O) groups excluding carboxylic acids is 1. The number of halogens is 2. The maximum atomic E-state index is 13.3. The summed E-state index contributed by atoms with van der Waals surface area (Å²) in [7, 11) is -3.80. The van der Waals surface area contributed by atoms with Gasteiger partial charge >= 0.3 is 0 Å². The predicted molar refractivity (Wildman–Crippen MR) is 69.7 cm³/mol. The quantitative estimate of drug-likeness (QED) is 0.884. The first-order valence-corrected chi connectivity index (χ1v) is 7.87. The first-order chi connectivity index (χ1) is 8.65. The van der Waals surface area contributed by atoms with Crippen LogP contribution in [0.4, 0.5) is 8.78 Å². The van der Waals surface area contributed by atoms with E-state index in [4.69, 9.17) is 10.9 Å². The number of nitrogens with zero attached hydrogens (tertiary/aromatic N) is 1. The van der Waals surface area contributed by atoms with E-state index in [1.54, 1.807) is 0 Å². The third-order valence-corrected chi connectivity index (χ3v) is 5.08. The molecule has 19 heavy (non-hydrogen) atoms. The van der Waals surface area contributed by atoms with Crippen LogP contribution in [0.5, 0.6) is 0 Å². The van der Waals surface area contributed by atoms with Crippen molar-refractivity contribution in [2.45, 2.75) is 30.5 Å². The molecule has 1 heterocycles. The Bertz CT molecular complexity index is 592. The lowest BCUT2D eigenvalue weighted by Gasteiger charge is -2.10. The monoisotopic (exact) mass is 311 g/mol. The Morgan fingerprint density at radius 2 is 2.11 bits per heavy atom. The maximum absolute atomic E-state index is 13.3. The summed E-state index contributed by atoms with van der Waals surface area (Å²) in [6, 6.07) is -0.961. The number of hydrogen-bond donors (Lipinski definition) is 2. The molecule has 9 heteroatoms. The highest BCUT2D eigenvalue weighted by molar-refractivity contribution is 7.93. The zero-order chi connectivity index (χ0) is 14.8. The Balaban J connectivity index is 3.06. The van der Waals surface area contributed by atoms with Gasteiger partial charge in [0.25, 0.3) is 5.91 Å². The Morgan fingerprint density at radius 1 is 1.53 bits per heavy atom. The van der Waals surface area contributed by atoms with Crippen molar-refractivity contribution in [3.05, 3.63) is 17.0 Å². The molecule has 0 fully saturated rings. The molecule has 2 atom stereocenters. The normalized spacial score (nSPS) is 16.2. The van der Waals surface area contributed by atoms with Gasteiger partial charge in [0.15, 0.2) is 25.8 Å². The van der Waals surface area contributed by atoms with Crippen LogP contribution in [0.2, 0.25) is 0 Å². The highest BCUT2D eigenvalue weighted by atomic mass is 32.2. The Kier molecular flexibility index (Phi) is 5.13. The summed E-state index contributed by atoms with van der Waals surface area (Å²) in [6.07, 6.45) is 0.332. The second-order valence-corrected chi connectivity index (χ2v) is 7.29. The molecule has 1 unspecified atom stereocenters.